The Morgan fingerprint density at radius 1 is 1.21 bits per heavy atom. The lowest BCUT2D eigenvalue weighted by Crippen LogP contribution is -2.44. The molecule has 1 aliphatic rings. The minimum atomic E-state index is 0.541. The van der Waals surface area contributed by atoms with Gasteiger partial charge in [-0.15, -0.1) is 0 Å². The average molecular weight is 325 g/mol. The Hall–Kier alpha value is -2.30. The summed E-state index contributed by atoms with van der Waals surface area (Å²) in [4.78, 5) is 4.35. The van der Waals surface area contributed by atoms with Crippen LogP contribution in [-0.4, -0.2) is 28.8 Å². The SMILES string of the molecule is CN=C(NCc1cnn(-c2ccccc2)c1)NC1CCC(C)CC1. The van der Waals surface area contributed by atoms with Crippen molar-refractivity contribution in [1.82, 2.24) is 20.4 Å². The van der Waals surface area contributed by atoms with E-state index in [1.54, 1.807) is 0 Å². The number of nitrogens with one attached hydrogen (secondary N) is 2. The van der Waals surface area contributed by atoms with E-state index in [4.69, 9.17) is 0 Å². The Bertz CT molecular complexity index is 653. The van der Waals surface area contributed by atoms with Gasteiger partial charge < -0.3 is 10.6 Å². The molecule has 0 saturated heterocycles. The van der Waals surface area contributed by atoms with E-state index < -0.39 is 0 Å². The van der Waals surface area contributed by atoms with Crippen LogP contribution in [0.3, 0.4) is 0 Å². The van der Waals surface area contributed by atoms with Gasteiger partial charge in [0.05, 0.1) is 11.9 Å². The normalized spacial score (nSPS) is 21.5. The van der Waals surface area contributed by atoms with Gasteiger partial charge in [-0.25, -0.2) is 4.68 Å². The van der Waals surface area contributed by atoms with Crippen molar-refractivity contribution in [2.75, 3.05) is 7.05 Å². The summed E-state index contributed by atoms with van der Waals surface area (Å²) < 4.78 is 1.90. The highest BCUT2D eigenvalue weighted by Gasteiger charge is 2.18. The van der Waals surface area contributed by atoms with E-state index in [-0.39, 0.29) is 0 Å². The Morgan fingerprint density at radius 3 is 2.67 bits per heavy atom. The molecular formula is C19H27N5. The van der Waals surface area contributed by atoms with Crippen LogP contribution in [0.4, 0.5) is 0 Å². The molecule has 2 N–H and O–H groups in total. The van der Waals surface area contributed by atoms with E-state index in [1.807, 2.05) is 36.1 Å². The maximum atomic E-state index is 4.43. The molecule has 1 saturated carbocycles. The number of hydrogen-bond acceptors (Lipinski definition) is 2. The van der Waals surface area contributed by atoms with Gasteiger partial charge in [-0.3, -0.25) is 4.99 Å². The highest BCUT2D eigenvalue weighted by atomic mass is 15.3. The number of aliphatic imine (C=N–C) groups is 1. The van der Waals surface area contributed by atoms with Crippen LogP contribution >= 0.6 is 0 Å². The van der Waals surface area contributed by atoms with E-state index in [0.29, 0.717) is 6.04 Å². The van der Waals surface area contributed by atoms with Gasteiger partial charge in [0, 0.05) is 31.4 Å². The molecule has 1 heterocycles. The summed E-state index contributed by atoms with van der Waals surface area (Å²) in [6, 6.07) is 10.7. The first-order valence-corrected chi connectivity index (χ1v) is 8.80. The Balaban J connectivity index is 1.52. The number of nitrogens with zero attached hydrogens (tertiary/aromatic N) is 3. The third kappa shape index (κ3) is 4.37. The van der Waals surface area contributed by atoms with Gasteiger partial charge in [-0.1, -0.05) is 25.1 Å². The van der Waals surface area contributed by atoms with E-state index in [1.165, 1.54) is 25.7 Å². The van der Waals surface area contributed by atoms with Crippen molar-refractivity contribution in [3.63, 3.8) is 0 Å². The molecule has 1 aromatic heterocycles. The number of benzene rings is 1. The fraction of sp³-hybridized carbons (Fsp3) is 0.474. The second-order valence-electron chi connectivity index (χ2n) is 6.66. The van der Waals surface area contributed by atoms with Crippen molar-refractivity contribution in [3.8, 4) is 5.69 Å². The lowest BCUT2D eigenvalue weighted by molar-refractivity contribution is 0.329. The highest BCUT2D eigenvalue weighted by molar-refractivity contribution is 5.79. The summed E-state index contributed by atoms with van der Waals surface area (Å²) in [5.74, 6) is 1.74. The van der Waals surface area contributed by atoms with Gasteiger partial charge in [-0.05, 0) is 43.7 Å². The fourth-order valence-electron chi connectivity index (χ4n) is 3.15. The monoisotopic (exact) mass is 325 g/mol. The van der Waals surface area contributed by atoms with Crippen molar-refractivity contribution < 1.29 is 0 Å². The molecule has 0 radical (unpaired) electrons. The molecule has 1 aliphatic carbocycles. The Labute approximate surface area is 144 Å². The number of rotatable bonds is 4. The predicted molar refractivity (Wildman–Crippen MR) is 98.3 cm³/mol. The summed E-state index contributed by atoms with van der Waals surface area (Å²) in [6.07, 6.45) is 9.02. The van der Waals surface area contributed by atoms with Crippen LogP contribution in [0.5, 0.6) is 0 Å². The minimum Gasteiger partial charge on any atom is -0.354 e. The standard InChI is InChI=1S/C19H27N5/c1-15-8-10-17(11-9-15)23-19(20-2)21-12-16-13-22-24(14-16)18-6-4-3-5-7-18/h3-7,13-15,17H,8-12H2,1-2H3,(H2,20,21,23). The first kappa shape index (κ1) is 16.6. The topological polar surface area (TPSA) is 54.2 Å². The van der Waals surface area contributed by atoms with Crippen LogP contribution in [0.1, 0.15) is 38.2 Å². The lowest BCUT2D eigenvalue weighted by atomic mass is 9.87. The molecule has 1 fully saturated rings. The molecule has 3 rings (SSSR count). The molecule has 2 aromatic rings. The van der Waals surface area contributed by atoms with Gasteiger partial charge in [0.2, 0.25) is 0 Å². The number of guanidine groups is 1. The number of para-hydroxylation sites is 1. The van der Waals surface area contributed by atoms with Gasteiger partial charge >= 0.3 is 0 Å². The highest BCUT2D eigenvalue weighted by Crippen LogP contribution is 2.23. The first-order chi connectivity index (χ1) is 11.7. The van der Waals surface area contributed by atoms with Crippen LogP contribution in [0, 0.1) is 5.92 Å². The molecule has 0 unspecified atom stereocenters. The summed E-state index contributed by atoms with van der Waals surface area (Å²) in [5.41, 5.74) is 2.21. The van der Waals surface area contributed by atoms with Gasteiger partial charge in [0.25, 0.3) is 0 Å². The summed E-state index contributed by atoms with van der Waals surface area (Å²) >= 11 is 0. The molecular weight excluding hydrogens is 298 g/mol. The molecule has 128 valence electrons. The maximum Gasteiger partial charge on any atom is 0.191 e. The molecule has 24 heavy (non-hydrogen) atoms. The van der Waals surface area contributed by atoms with Crippen LogP contribution in [0.15, 0.2) is 47.7 Å². The zero-order valence-electron chi connectivity index (χ0n) is 14.6. The fourth-order valence-corrected chi connectivity index (χ4v) is 3.15. The largest absolute Gasteiger partial charge is 0.354 e. The quantitative estimate of drug-likeness (QED) is 0.671. The van der Waals surface area contributed by atoms with Crippen molar-refractivity contribution >= 4 is 5.96 Å². The minimum absolute atomic E-state index is 0.541. The molecule has 0 spiro atoms. The number of hydrogen-bond donors (Lipinski definition) is 2. The van der Waals surface area contributed by atoms with Crippen molar-refractivity contribution in [1.29, 1.82) is 0 Å². The van der Waals surface area contributed by atoms with E-state index in [0.717, 1.165) is 29.7 Å². The van der Waals surface area contributed by atoms with E-state index in [9.17, 15) is 0 Å². The summed E-state index contributed by atoms with van der Waals surface area (Å²) in [5, 5.41) is 11.4. The van der Waals surface area contributed by atoms with E-state index >= 15 is 0 Å². The molecule has 0 aliphatic heterocycles. The Kier molecular flexibility index (Phi) is 5.51. The molecule has 1 aromatic carbocycles. The molecule has 5 nitrogen and oxygen atoms in total. The maximum absolute atomic E-state index is 4.43. The zero-order chi connectivity index (χ0) is 16.8. The Morgan fingerprint density at radius 2 is 1.96 bits per heavy atom. The molecule has 0 atom stereocenters. The van der Waals surface area contributed by atoms with E-state index in [2.05, 4.69) is 46.0 Å². The second kappa shape index (κ2) is 7.99. The van der Waals surface area contributed by atoms with Crippen molar-refractivity contribution in [3.05, 3.63) is 48.3 Å². The van der Waals surface area contributed by atoms with Crippen molar-refractivity contribution in [2.24, 2.45) is 10.9 Å². The first-order valence-electron chi connectivity index (χ1n) is 8.80. The predicted octanol–water partition coefficient (Wildman–Crippen LogP) is 3.12. The third-order valence-corrected chi connectivity index (χ3v) is 4.70. The second-order valence-corrected chi connectivity index (χ2v) is 6.66. The van der Waals surface area contributed by atoms with Crippen LogP contribution < -0.4 is 10.6 Å². The summed E-state index contributed by atoms with van der Waals surface area (Å²) in [7, 11) is 1.83. The zero-order valence-corrected chi connectivity index (χ0v) is 14.6. The lowest BCUT2D eigenvalue weighted by Gasteiger charge is -2.28. The number of aromatic nitrogens is 2. The van der Waals surface area contributed by atoms with Crippen LogP contribution in [0.2, 0.25) is 0 Å². The van der Waals surface area contributed by atoms with Crippen LogP contribution in [0.25, 0.3) is 5.69 Å². The summed E-state index contributed by atoms with van der Waals surface area (Å²) in [6.45, 7) is 3.06. The smallest absolute Gasteiger partial charge is 0.191 e. The average Bonchev–Trinajstić information content (AvgIpc) is 3.10. The molecule has 5 heteroatoms. The van der Waals surface area contributed by atoms with Gasteiger partial charge in [0.15, 0.2) is 5.96 Å². The van der Waals surface area contributed by atoms with Gasteiger partial charge in [-0.2, -0.15) is 5.10 Å². The van der Waals surface area contributed by atoms with Gasteiger partial charge in [0.1, 0.15) is 0 Å². The molecule has 0 bridgehead atoms. The van der Waals surface area contributed by atoms with Crippen LogP contribution in [-0.2, 0) is 6.54 Å². The third-order valence-electron chi connectivity index (χ3n) is 4.70. The molecule has 0 amide bonds. The van der Waals surface area contributed by atoms with Crippen molar-refractivity contribution in [2.45, 2.75) is 45.2 Å².